The molecule has 0 spiro atoms. The number of nitrogens with zero attached hydrogens (tertiary/aromatic N) is 1. The van der Waals surface area contributed by atoms with Gasteiger partial charge in [-0.2, -0.15) is 0 Å². The van der Waals surface area contributed by atoms with Crippen LogP contribution in [0.5, 0.6) is 0 Å². The van der Waals surface area contributed by atoms with Crippen LogP contribution < -0.4 is 11.1 Å². The number of hydrogen-bond donors (Lipinski definition) is 3. The zero-order chi connectivity index (χ0) is 14.3. The zero-order valence-corrected chi connectivity index (χ0v) is 12.2. The Balaban J connectivity index is 2.47. The topological polar surface area (TPSA) is 70.6 Å². The molecule has 0 unspecified atom stereocenters. The van der Waals surface area contributed by atoms with E-state index in [9.17, 15) is 0 Å². The third kappa shape index (κ3) is 5.49. The fraction of sp³-hybridized carbons (Fsp3) is 0.500. The minimum Gasteiger partial charge on any atom is -0.409 e. The standard InChI is InChI=1S/C14H22ClN3O/c1-10(2)4-3-7-17-9-12-6-5-11(8-13(12)15)14(16)18-19/h5-6,8,10,17,19H,3-4,7,9H2,1-2H3,(H2,16,18). The lowest BCUT2D eigenvalue weighted by molar-refractivity contribution is 0.318. The fourth-order valence-corrected chi connectivity index (χ4v) is 2.01. The highest BCUT2D eigenvalue weighted by Crippen LogP contribution is 2.17. The molecule has 1 rings (SSSR count). The number of oxime groups is 1. The highest BCUT2D eigenvalue weighted by molar-refractivity contribution is 6.31. The summed E-state index contributed by atoms with van der Waals surface area (Å²) in [5, 5.41) is 15.5. The van der Waals surface area contributed by atoms with Gasteiger partial charge in [-0.1, -0.05) is 42.7 Å². The molecule has 0 aliphatic heterocycles. The molecule has 0 atom stereocenters. The van der Waals surface area contributed by atoms with Gasteiger partial charge in [0.05, 0.1) is 0 Å². The van der Waals surface area contributed by atoms with Crippen LogP contribution in [-0.4, -0.2) is 17.6 Å². The van der Waals surface area contributed by atoms with E-state index >= 15 is 0 Å². The van der Waals surface area contributed by atoms with Gasteiger partial charge in [0.25, 0.3) is 0 Å². The van der Waals surface area contributed by atoms with Crippen molar-refractivity contribution in [2.45, 2.75) is 33.2 Å². The van der Waals surface area contributed by atoms with E-state index in [0.717, 1.165) is 31.0 Å². The predicted molar refractivity (Wildman–Crippen MR) is 79.7 cm³/mol. The molecule has 1 aromatic rings. The zero-order valence-electron chi connectivity index (χ0n) is 11.5. The van der Waals surface area contributed by atoms with Gasteiger partial charge in [-0.3, -0.25) is 0 Å². The second kappa shape index (κ2) is 8.02. The average Bonchev–Trinajstić information content (AvgIpc) is 2.38. The quantitative estimate of drug-likeness (QED) is 0.237. The molecule has 0 amide bonds. The van der Waals surface area contributed by atoms with Crippen LogP contribution in [0.3, 0.4) is 0 Å². The molecule has 0 aromatic heterocycles. The molecule has 0 aliphatic rings. The molecular formula is C14H22ClN3O. The smallest absolute Gasteiger partial charge is 0.170 e. The Bertz CT molecular complexity index is 433. The van der Waals surface area contributed by atoms with Crippen LogP contribution in [0.1, 0.15) is 37.8 Å². The first-order valence-electron chi connectivity index (χ1n) is 6.51. The molecule has 106 valence electrons. The first-order valence-corrected chi connectivity index (χ1v) is 6.89. The normalized spacial score (nSPS) is 12.1. The summed E-state index contributed by atoms with van der Waals surface area (Å²) in [5.41, 5.74) is 7.14. The molecule has 0 saturated carbocycles. The maximum Gasteiger partial charge on any atom is 0.170 e. The first-order chi connectivity index (χ1) is 9.04. The summed E-state index contributed by atoms with van der Waals surface area (Å²) in [6.07, 6.45) is 2.39. The van der Waals surface area contributed by atoms with Crippen molar-refractivity contribution in [2.24, 2.45) is 16.8 Å². The summed E-state index contributed by atoms with van der Waals surface area (Å²) in [4.78, 5) is 0. The van der Waals surface area contributed by atoms with E-state index < -0.39 is 0 Å². The fourth-order valence-electron chi connectivity index (χ4n) is 1.77. The summed E-state index contributed by atoms with van der Waals surface area (Å²) in [6.45, 7) is 6.16. The van der Waals surface area contributed by atoms with E-state index in [2.05, 4.69) is 24.3 Å². The second-order valence-corrected chi connectivity index (χ2v) is 5.41. The Labute approximate surface area is 119 Å². The van der Waals surface area contributed by atoms with Gasteiger partial charge in [-0.15, -0.1) is 0 Å². The van der Waals surface area contributed by atoms with Gasteiger partial charge in [-0.05, 0) is 36.9 Å². The summed E-state index contributed by atoms with van der Waals surface area (Å²) in [6, 6.07) is 5.40. The number of benzene rings is 1. The van der Waals surface area contributed by atoms with Crippen LogP contribution in [0.4, 0.5) is 0 Å². The molecule has 0 heterocycles. The van der Waals surface area contributed by atoms with Crippen molar-refractivity contribution in [3.8, 4) is 0 Å². The summed E-state index contributed by atoms with van der Waals surface area (Å²) < 4.78 is 0. The van der Waals surface area contributed by atoms with Crippen molar-refractivity contribution < 1.29 is 5.21 Å². The van der Waals surface area contributed by atoms with Crippen LogP contribution >= 0.6 is 11.6 Å². The van der Waals surface area contributed by atoms with Crippen LogP contribution in [0.2, 0.25) is 5.02 Å². The highest BCUT2D eigenvalue weighted by Gasteiger charge is 2.05. The summed E-state index contributed by atoms with van der Waals surface area (Å²) in [5.74, 6) is 0.809. The first kappa shape index (κ1) is 15.8. The minimum absolute atomic E-state index is 0.0679. The molecule has 0 saturated heterocycles. The highest BCUT2D eigenvalue weighted by atomic mass is 35.5. The van der Waals surface area contributed by atoms with Crippen molar-refractivity contribution >= 4 is 17.4 Å². The maximum absolute atomic E-state index is 8.60. The van der Waals surface area contributed by atoms with Crippen molar-refractivity contribution in [3.63, 3.8) is 0 Å². The largest absolute Gasteiger partial charge is 0.409 e. The second-order valence-electron chi connectivity index (χ2n) is 5.00. The molecule has 0 radical (unpaired) electrons. The number of nitrogens with one attached hydrogen (secondary N) is 1. The molecule has 19 heavy (non-hydrogen) atoms. The lowest BCUT2D eigenvalue weighted by Gasteiger charge is -2.09. The van der Waals surface area contributed by atoms with Crippen LogP contribution in [-0.2, 0) is 6.54 Å². The molecule has 0 fully saturated rings. The van der Waals surface area contributed by atoms with Gasteiger partial charge in [0.1, 0.15) is 0 Å². The Kier molecular flexibility index (Phi) is 6.67. The van der Waals surface area contributed by atoms with Crippen molar-refractivity contribution in [1.82, 2.24) is 5.32 Å². The molecule has 1 aromatic carbocycles. The number of nitrogens with two attached hydrogens (primary N) is 1. The van der Waals surface area contributed by atoms with E-state index in [1.807, 2.05) is 6.07 Å². The predicted octanol–water partition coefficient (Wildman–Crippen LogP) is 2.96. The van der Waals surface area contributed by atoms with Gasteiger partial charge >= 0.3 is 0 Å². The summed E-state index contributed by atoms with van der Waals surface area (Å²) in [7, 11) is 0. The monoisotopic (exact) mass is 283 g/mol. The Morgan fingerprint density at radius 3 is 2.79 bits per heavy atom. The SMILES string of the molecule is CC(C)CCCNCc1ccc(/C(N)=N/O)cc1Cl. The van der Waals surface area contributed by atoms with Gasteiger partial charge in [0.2, 0.25) is 0 Å². The van der Waals surface area contributed by atoms with E-state index in [-0.39, 0.29) is 5.84 Å². The van der Waals surface area contributed by atoms with Crippen LogP contribution in [0.15, 0.2) is 23.4 Å². The van der Waals surface area contributed by atoms with E-state index in [4.69, 9.17) is 22.5 Å². The van der Waals surface area contributed by atoms with E-state index in [0.29, 0.717) is 10.6 Å². The third-order valence-electron chi connectivity index (χ3n) is 2.91. The number of hydrogen-bond acceptors (Lipinski definition) is 3. The maximum atomic E-state index is 8.60. The molecule has 5 heteroatoms. The Hall–Kier alpha value is -1.26. The van der Waals surface area contributed by atoms with Gasteiger partial charge < -0.3 is 16.3 Å². The lowest BCUT2D eigenvalue weighted by Crippen LogP contribution is -2.16. The van der Waals surface area contributed by atoms with Crippen molar-refractivity contribution in [3.05, 3.63) is 34.3 Å². The van der Waals surface area contributed by atoms with E-state index in [1.54, 1.807) is 12.1 Å². The van der Waals surface area contributed by atoms with Gasteiger partial charge in [0, 0.05) is 17.1 Å². The minimum atomic E-state index is 0.0679. The average molecular weight is 284 g/mol. The molecule has 0 bridgehead atoms. The Morgan fingerprint density at radius 1 is 1.47 bits per heavy atom. The van der Waals surface area contributed by atoms with E-state index in [1.165, 1.54) is 6.42 Å². The van der Waals surface area contributed by atoms with Crippen LogP contribution in [0.25, 0.3) is 0 Å². The van der Waals surface area contributed by atoms with Gasteiger partial charge in [0.15, 0.2) is 5.84 Å². The van der Waals surface area contributed by atoms with Gasteiger partial charge in [-0.25, -0.2) is 0 Å². The molecular weight excluding hydrogens is 262 g/mol. The summed E-state index contributed by atoms with van der Waals surface area (Å²) >= 11 is 6.16. The number of halogens is 1. The van der Waals surface area contributed by atoms with Crippen LogP contribution in [0, 0.1) is 5.92 Å². The molecule has 4 nitrogen and oxygen atoms in total. The third-order valence-corrected chi connectivity index (χ3v) is 3.26. The lowest BCUT2D eigenvalue weighted by atomic mass is 10.1. The van der Waals surface area contributed by atoms with Crippen molar-refractivity contribution in [2.75, 3.05) is 6.54 Å². The Morgan fingerprint density at radius 2 is 2.21 bits per heavy atom. The molecule has 4 N–H and O–H groups in total. The number of rotatable bonds is 7. The molecule has 0 aliphatic carbocycles. The number of amidine groups is 1. The van der Waals surface area contributed by atoms with Crippen molar-refractivity contribution in [1.29, 1.82) is 0 Å².